The second kappa shape index (κ2) is 4.65. The van der Waals surface area contributed by atoms with Gasteiger partial charge in [0.05, 0.1) is 13.3 Å². The van der Waals surface area contributed by atoms with Gasteiger partial charge < -0.3 is 4.74 Å². The number of urea groups is 1. The maximum atomic E-state index is 11.2. The van der Waals surface area contributed by atoms with Crippen LogP contribution in [0.3, 0.4) is 0 Å². The zero-order chi connectivity index (χ0) is 12.3. The van der Waals surface area contributed by atoms with E-state index in [0.717, 1.165) is 10.6 Å². The van der Waals surface area contributed by atoms with Gasteiger partial charge in [-0.25, -0.2) is 9.80 Å². The van der Waals surface area contributed by atoms with Crippen molar-refractivity contribution < 1.29 is 14.3 Å². The zero-order valence-electron chi connectivity index (χ0n) is 9.21. The first-order valence-corrected chi connectivity index (χ1v) is 4.99. The molecule has 0 aromatic heterocycles. The van der Waals surface area contributed by atoms with Crippen molar-refractivity contribution in [1.82, 2.24) is 10.3 Å². The van der Waals surface area contributed by atoms with Gasteiger partial charge in [-0.05, 0) is 12.1 Å². The van der Waals surface area contributed by atoms with Crippen molar-refractivity contribution in [2.75, 3.05) is 13.7 Å². The number of rotatable bonds is 3. The minimum absolute atomic E-state index is 0.0511. The van der Waals surface area contributed by atoms with E-state index in [9.17, 15) is 9.59 Å². The SMILES string of the molecule is COc1ccccc1/C=N\N1CC(=O)NC1=O. The van der Waals surface area contributed by atoms with Gasteiger partial charge in [-0.1, -0.05) is 12.1 Å². The molecule has 1 aromatic rings. The first-order valence-electron chi connectivity index (χ1n) is 4.99. The van der Waals surface area contributed by atoms with Crippen LogP contribution in [0.15, 0.2) is 29.4 Å². The normalized spacial score (nSPS) is 15.5. The Morgan fingerprint density at radius 2 is 2.18 bits per heavy atom. The molecule has 1 N–H and O–H groups in total. The van der Waals surface area contributed by atoms with Gasteiger partial charge in [0.2, 0.25) is 5.91 Å². The topological polar surface area (TPSA) is 71.0 Å². The molecule has 1 saturated heterocycles. The van der Waals surface area contributed by atoms with Gasteiger partial charge in [-0.15, -0.1) is 0 Å². The quantitative estimate of drug-likeness (QED) is 0.613. The molecular formula is C11H11N3O3. The van der Waals surface area contributed by atoms with Gasteiger partial charge in [-0.2, -0.15) is 5.10 Å². The monoisotopic (exact) mass is 233 g/mol. The molecule has 1 aliphatic rings. The lowest BCUT2D eigenvalue weighted by Crippen LogP contribution is -2.24. The molecule has 3 amide bonds. The van der Waals surface area contributed by atoms with E-state index < -0.39 is 6.03 Å². The Labute approximate surface area is 97.9 Å². The van der Waals surface area contributed by atoms with E-state index in [-0.39, 0.29) is 12.5 Å². The number of para-hydroxylation sites is 1. The smallest absolute Gasteiger partial charge is 0.344 e. The van der Waals surface area contributed by atoms with Gasteiger partial charge in [0.15, 0.2) is 0 Å². The predicted molar refractivity (Wildman–Crippen MR) is 60.8 cm³/mol. The van der Waals surface area contributed by atoms with Gasteiger partial charge in [0, 0.05) is 5.56 Å². The summed E-state index contributed by atoms with van der Waals surface area (Å²) in [6, 6.07) is 6.75. The largest absolute Gasteiger partial charge is 0.496 e. The number of carbonyl (C=O) groups is 2. The summed E-state index contributed by atoms with van der Waals surface area (Å²) < 4.78 is 5.13. The van der Waals surface area contributed by atoms with Crippen LogP contribution in [0.1, 0.15) is 5.56 Å². The number of hydrogen-bond acceptors (Lipinski definition) is 4. The van der Waals surface area contributed by atoms with Crippen LogP contribution >= 0.6 is 0 Å². The highest BCUT2D eigenvalue weighted by Crippen LogP contribution is 2.15. The number of imide groups is 1. The maximum Gasteiger partial charge on any atom is 0.344 e. The summed E-state index contributed by atoms with van der Waals surface area (Å²) in [5.41, 5.74) is 0.738. The van der Waals surface area contributed by atoms with Crippen LogP contribution in [0.5, 0.6) is 5.75 Å². The van der Waals surface area contributed by atoms with E-state index in [1.165, 1.54) is 6.21 Å². The van der Waals surface area contributed by atoms with Crippen molar-refractivity contribution in [3.8, 4) is 5.75 Å². The second-order valence-corrected chi connectivity index (χ2v) is 3.40. The molecule has 1 heterocycles. The molecule has 0 aliphatic carbocycles. The zero-order valence-corrected chi connectivity index (χ0v) is 9.21. The van der Waals surface area contributed by atoms with Gasteiger partial charge in [0.1, 0.15) is 12.3 Å². The highest BCUT2D eigenvalue weighted by molar-refractivity contribution is 6.02. The van der Waals surface area contributed by atoms with E-state index in [1.807, 2.05) is 12.1 Å². The summed E-state index contributed by atoms with van der Waals surface area (Å²) in [5.74, 6) is 0.300. The molecule has 2 rings (SSSR count). The Morgan fingerprint density at radius 3 is 2.82 bits per heavy atom. The lowest BCUT2D eigenvalue weighted by molar-refractivity contribution is -0.118. The van der Waals surface area contributed by atoms with Crippen molar-refractivity contribution in [2.45, 2.75) is 0 Å². The van der Waals surface area contributed by atoms with Crippen molar-refractivity contribution in [1.29, 1.82) is 0 Å². The molecule has 0 radical (unpaired) electrons. The molecule has 6 nitrogen and oxygen atoms in total. The highest BCUT2D eigenvalue weighted by Gasteiger charge is 2.25. The molecule has 0 saturated carbocycles. The average molecular weight is 233 g/mol. The summed E-state index contributed by atoms with van der Waals surface area (Å²) in [5, 5.41) is 7.13. The van der Waals surface area contributed by atoms with Crippen LogP contribution in [-0.4, -0.2) is 36.8 Å². The van der Waals surface area contributed by atoms with Gasteiger partial charge in [0.25, 0.3) is 0 Å². The van der Waals surface area contributed by atoms with Crippen molar-refractivity contribution in [2.24, 2.45) is 5.10 Å². The third kappa shape index (κ3) is 2.41. The number of nitrogens with one attached hydrogen (secondary N) is 1. The molecule has 1 fully saturated rings. The molecule has 88 valence electrons. The fourth-order valence-corrected chi connectivity index (χ4v) is 1.43. The average Bonchev–Trinajstić information content (AvgIpc) is 2.65. The summed E-state index contributed by atoms with van der Waals surface area (Å²) in [6.45, 7) is -0.0511. The molecule has 0 unspecified atom stereocenters. The minimum Gasteiger partial charge on any atom is -0.496 e. The molecule has 1 aromatic carbocycles. The Morgan fingerprint density at radius 1 is 1.41 bits per heavy atom. The fraction of sp³-hybridized carbons (Fsp3) is 0.182. The lowest BCUT2D eigenvalue weighted by atomic mass is 10.2. The number of methoxy groups -OCH3 is 1. The number of amides is 3. The lowest BCUT2D eigenvalue weighted by Gasteiger charge is -2.06. The molecule has 0 atom stereocenters. The van der Waals surface area contributed by atoms with Crippen LogP contribution in [0.4, 0.5) is 4.79 Å². The summed E-state index contributed by atoms with van der Waals surface area (Å²) in [7, 11) is 1.55. The van der Waals surface area contributed by atoms with Crippen LogP contribution in [0.25, 0.3) is 0 Å². The second-order valence-electron chi connectivity index (χ2n) is 3.40. The van der Waals surface area contributed by atoms with Crippen LogP contribution in [-0.2, 0) is 4.79 Å². The number of benzene rings is 1. The van der Waals surface area contributed by atoms with E-state index in [2.05, 4.69) is 10.4 Å². The number of hydrazone groups is 1. The number of ether oxygens (including phenoxy) is 1. The van der Waals surface area contributed by atoms with Crippen molar-refractivity contribution >= 4 is 18.2 Å². The summed E-state index contributed by atoms with van der Waals surface area (Å²) in [6.07, 6.45) is 1.48. The third-order valence-corrected chi connectivity index (χ3v) is 2.25. The first-order chi connectivity index (χ1) is 8.20. The van der Waals surface area contributed by atoms with Crippen LogP contribution < -0.4 is 10.1 Å². The minimum atomic E-state index is -0.513. The van der Waals surface area contributed by atoms with E-state index in [1.54, 1.807) is 19.2 Å². The maximum absolute atomic E-state index is 11.2. The van der Waals surface area contributed by atoms with Crippen LogP contribution in [0.2, 0.25) is 0 Å². The van der Waals surface area contributed by atoms with Crippen molar-refractivity contribution in [3.63, 3.8) is 0 Å². The number of hydrogen-bond donors (Lipinski definition) is 1. The third-order valence-electron chi connectivity index (χ3n) is 2.25. The molecule has 0 spiro atoms. The highest BCUT2D eigenvalue weighted by atomic mass is 16.5. The number of nitrogens with zero attached hydrogens (tertiary/aromatic N) is 2. The number of carbonyl (C=O) groups excluding carboxylic acids is 2. The van der Waals surface area contributed by atoms with Crippen molar-refractivity contribution in [3.05, 3.63) is 29.8 Å². The standard InChI is InChI=1S/C11H11N3O3/c1-17-9-5-3-2-4-8(9)6-12-14-7-10(15)13-11(14)16/h2-6H,7H2,1H3,(H,13,15,16)/b12-6-. The predicted octanol–water partition coefficient (Wildman–Crippen LogP) is 0.581. The fourth-order valence-electron chi connectivity index (χ4n) is 1.43. The Kier molecular flexibility index (Phi) is 3.04. The van der Waals surface area contributed by atoms with Gasteiger partial charge >= 0.3 is 6.03 Å². The Bertz CT molecular complexity index is 485. The van der Waals surface area contributed by atoms with E-state index in [0.29, 0.717) is 5.75 Å². The first kappa shape index (κ1) is 11.1. The summed E-state index contributed by atoms with van der Waals surface area (Å²) in [4.78, 5) is 22.1. The summed E-state index contributed by atoms with van der Waals surface area (Å²) >= 11 is 0. The van der Waals surface area contributed by atoms with E-state index >= 15 is 0 Å². The molecule has 1 aliphatic heterocycles. The molecular weight excluding hydrogens is 222 g/mol. The molecule has 0 bridgehead atoms. The van der Waals surface area contributed by atoms with Crippen LogP contribution in [0, 0.1) is 0 Å². The molecule has 17 heavy (non-hydrogen) atoms. The van der Waals surface area contributed by atoms with E-state index in [4.69, 9.17) is 4.74 Å². The van der Waals surface area contributed by atoms with Gasteiger partial charge in [-0.3, -0.25) is 10.1 Å². The molecule has 6 heteroatoms. The Hall–Kier alpha value is -2.37. The Balaban J connectivity index is 2.15.